The highest BCUT2D eigenvalue weighted by atomic mass is 79.9. The first-order valence-electron chi connectivity index (χ1n) is 9.58. The lowest BCUT2D eigenvalue weighted by atomic mass is 10.2. The lowest BCUT2D eigenvalue weighted by molar-refractivity contribution is -0.145. The second-order valence-electron chi connectivity index (χ2n) is 6.49. The zero-order valence-corrected chi connectivity index (χ0v) is 20.5. The third-order valence-electron chi connectivity index (χ3n) is 3.71. The Balaban J connectivity index is 3.60. The third-order valence-corrected chi connectivity index (χ3v) is 8.24. The van der Waals surface area contributed by atoms with Gasteiger partial charge in [-0.2, -0.15) is 11.8 Å². The number of hydrogen-bond donors (Lipinski definition) is 0. The van der Waals surface area contributed by atoms with E-state index in [9.17, 15) is 4.79 Å². The van der Waals surface area contributed by atoms with Crippen molar-refractivity contribution in [3.8, 4) is 0 Å². The van der Waals surface area contributed by atoms with Crippen LogP contribution >= 0.6 is 27.7 Å². The number of halogens is 1. The van der Waals surface area contributed by atoms with Crippen LogP contribution in [0.5, 0.6) is 0 Å². The van der Waals surface area contributed by atoms with Crippen LogP contribution < -0.4 is 0 Å². The molecule has 0 unspecified atom stereocenters. The second kappa shape index (κ2) is 15.3. The SMILES string of the molecule is CCO[Si](CCCSCCCCCCOC(=O)C(C)(C)Br)(OC)OCC. The molecule has 0 aliphatic carbocycles. The summed E-state index contributed by atoms with van der Waals surface area (Å²) in [5.74, 6) is 2.08. The van der Waals surface area contributed by atoms with E-state index in [2.05, 4.69) is 15.9 Å². The average Bonchev–Trinajstić information content (AvgIpc) is 2.58. The van der Waals surface area contributed by atoms with E-state index in [0.717, 1.165) is 31.1 Å². The smallest absolute Gasteiger partial charge is 0.465 e. The maximum Gasteiger partial charge on any atom is 0.500 e. The molecule has 0 fully saturated rings. The summed E-state index contributed by atoms with van der Waals surface area (Å²) in [5, 5.41) is 0. The fourth-order valence-corrected chi connectivity index (χ4v) is 5.97. The number of ether oxygens (including phenoxy) is 1. The summed E-state index contributed by atoms with van der Waals surface area (Å²) in [6, 6.07) is 0.882. The van der Waals surface area contributed by atoms with Crippen molar-refractivity contribution in [1.82, 2.24) is 0 Å². The molecule has 0 aliphatic rings. The molecule has 0 amide bonds. The quantitative estimate of drug-likeness (QED) is 0.128. The first-order valence-corrected chi connectivity index (χ1v) is 13.5. The minimum atomic E-state index is -2.44. The molecule has 0 bridgehead atoms. The van der Waals surface area contributed by atoms with Crippen molar-refractivity contribution < 1.29 is 22.8 Å². The maximum absolute atomic E-state index is 11.6. The van der Waals surface area contributed by atoms with Gasteiger partial charge < -0.3 is 18.0 Å². The molecule has 0 radical (unpaired) electrons. The highest BCUT2D eigenvalue weighted by Gasteiger charge is 2.38. The van der Waals surface area contributed by atoms with Gasteiger partial charge in [0.1, 0.15) is 4.32 Å². The molecule has 156 valence electrons. The molecule has 0 atom stereocenters. The summed E-state index contributed by atoms with van der Waals surface area (Å²) < 4.78 is 21.8. The first kappa shape index (κ1) is 26.4. The van der Waals surface area contributed by atoms with Crippen molar-refractivity contribution in [1.29, 1.82) is 0 Å². The van der Waals surface area contributed by atoms with Crippen molar-refractivity contribution >= 4 is 42.5 Å². The molecule has 0 N–H and O–H groups in total. The molecular weight excluding hydrogens is 436 g/mol. The summed E-state index contributed by atoms with van der Waals surface area (Å²) in [6.07, 6.45) is 5.47. The van der Waals surface area contributed by atoms with Crippen LogP contribution in [-0.2, 0) is 22.8 Å². The van der Waals surface area contributed by atoms with Crippen molar-refractivity contribution in [2.75, 3.05) is 38.4 Å². The number of unbranched alkanes of at least 4 members (excludes halogenated alkanes) is 3. The Hall–Kier alpha value is 0.397. The van der Waals surface area contributed by atoms with Gasteiger partial charge in [0.15, 0.2) is 0 Å². The average molecular weight is 474 g/mol. The van der Waals surface area contributed by atoms with Gasteiger partial charge in [0, 0.05) is 26.4 Å². The van der Waals surface area contributed by atoms with Gasteiger partial charge in [-0.25, -0.2) is 0 Å². The number of carbonyl (C=O) groups is 1. The molecule has 0 spiro atoms. The van der Waals surface area contributed by atoms with E-state index < -0.39 is 13.1 Å². The van der Waals surface area contributed by atoms with Gasteiger partial charge in [-0.1, -0.05) is 28.8 Å². The van der Waals surface area contributed by atoms with Gasteiger partial charge in [-0.15, -0.1) is 0 Å². The van der Waals surface area contributed by atoms with E-state index >= 15 is 0 Å². The Morgan fingerprint density at radius 2 is 1.58 bits per heavy atom. The zero-order valence-electron chi connectivity index (χ0n) is 17.1. The molecule has 0 saturated carbocycles. The van der Waals surface area contributed by atoms with Crippen LogP contribution in [0.4, 0.5) is 0 Å². The predicted octanol–water partition coefficient (Wildman–Crippen LogP) is 5.05. The zero-order chi connectivity index (χ0) is 19.9. The number of thioether (sulfide) groups is 1. The summed E-state index contributed by atoms with van der Waals surface area (Å²) in [5.41, 5.74) is 0. The third kappa shape index (κ3) is 12.7. The van der Waals surface area contributed by atoms with Gasteiger partial charge in [0.25, 0.3) is 0 Å². The molecule has 0 rings (SSSR count). The van der Waals surface area contributed by atoms with E-state index in [1.165, 1.54) is 18.6 Å². The summed E-state index contributed by atoms with van der Waals surface area (Å²) in [6.45, 7) is 9.35. The van der Waals surface area contributed by atoms with Crippen molar-refractivity contribution in [2.24, 2.45) is 0 Å². The number of rotatable bonds is 17. The Kier molecular flexibility index (Phi) is 15.6. The second-order valence-corrected chi connectivity index (χ2v) is 12.6. The molecule has 8 heteroatoms. The number of carbonyl (C=O) groups excluding carboxylic acids is 1. The molecule has 5 nitrogen and oxygen atoms in total. The van der Waals surface area contributed by atoms with Crippen LogP contribution in [0.3, 0.4) is 0 Å². The van der Waals surface area contributed by atoms with E-state index in [-0.39, 0.29) is 5.97 Å². The number of esters is 1. The summed E-state index contributed by atoms with van der Waals surface area (Å²) in [7, 11) is -0.746. The van der Waals surface area contributed by atoms with Crippen molar-refractivity contribution in [2.45, 2.75) is 70.2 Å². The van der Waals surface area contributed by atoms with Crippen molar-refractivity contribution in [3.63, 3.8) is 0 Å². The fraction of sp³-hybridized carbons (Fsp3) is 0.944. The van der Waals surface area contributed by atoms with E-state index in [1.807, 2.05) is 25.6 Å². The van der Waals surface area contributed by atoms with Crippen LogP contribution in [0.25, 0.3) is 0 Å². The predicted molar refractivity (Wildman–Crippen MR) is 115 cm³/mol. The normalized spacial score (nSPS) is 12.4. The minimum Gasteiger partial charge on any atom is -0.465 e. The molecular formula is C18H37BrO5SSi. The van der Waals surface area contributed by atoms with Gasteiger partial charge in [-0.05, 0) is 58.5 Å². The monoisotopic (exact) mass is 472 g/mol. The van der Waals surface area contributed by atoms with Crippen molar-refractivity contribution in [3.05, 3.63) is 0 Å². The summed E-state index contributed by atoms with van der Waals surface area (Å²) >= 11 is 5.28. The fourth-order valence-electron chi connectivity index (χ4n) is 2.33. The van der Waals surface area contributed by atoms with Gasteiger partial charge in [-0.3, -0.25) is 4.79 Å². The molecule has 0 aromatic carbocycles. The first-order chi connectivity index (χ1) is 12.3. The molecule has 26 heavy (non-hydrogen) atoms. The number of hydrogen-bond acceptors (Lipinski definition) is 6. The van der Waals surface area contributed by atoms with E-state index in [1.54, 1.807) is 21.0 Å². The van der Waals surface area contributed by atoms with Crippen LogP contribution in [0.15, 0.2) is 0 Å². The highest BCUT2D eigenvalue weighted by molar-refractivity contribution is 9.10. The lowest BCUT2D eigenvalue weighted by Crippen LogP contribution is -2.44. The Labute approximate surface area is 173 Å². The molecule has 0 heterocycles. The molecule has 0 aliphatic heterocycles. The summed E-state index contributed by atoms with van der Waals surface area (Å²) in [4.78, 5) is 11.6. The van der Waals surface area contributed by atoms with Gasteiger partial charge in [0.2, 0.25) is 0 Å². The highest BCUT2D eigenvalue weighted by Crippen LogP contribution is 2.20. The van der Waals surface area contributed by atoms with Crippen LogP contribution in [-0.4, -0.2) is 57.5 Å². The molecule has 0 aromatic rings. The Morgan fingerprint density at radius 1 is 1.00 bits per heavy atom. The van der Waals surface area contributed by atoms with Gasteiger partial charge >= 0.3 is 14.8 Å². The molecule has 0 saturated heterocycles. The standard InChI is InChI=1S/C18H37BrO5SSi/c1-6-23-26(21-5,24-7-2)16-12-15-25-14-11-9-8-10-13-22-17(20)18(3,4)19/h6-16H2,1-5H3. The van der Waals surface area contributed by atoms with Crippen LogP contribution in [0.1, 0.15) is 59.8 Å². The van der Waals surface area contributed by atoms with Crippen LogP contribution in [0, 0.1) is 0 Å². The molecule has 0 aromatic heterocycles. The van der Waals surface area contributed by atoms with E-state index in [4.69, 9.17) is 18.0 Å². The maximum atomic E-state index is 11.6. The lowest BCUT2D eigenvalue weighted by Gasteiger charge is -2.27. The van der Waals surface area contributed by atoms with Gasteiger partial charge in [0.05, 0.1) is 6.61 Å². The largest absolute Gasteiger partial charge is 0.500 e. The minimum absolute atomic E-state index is 0.192. The van der Waals surface area contributed by atoms with Crippen LogP contribution in [0.2, 0.25) is 6.04 Å². The van der Waals surface area contributed by atoms with E-state index in [0.29, 0.717) is 19.8 Å². The number of alkyl halides is 1. The Bertz CT molecular complexity index is 360. The topological polar surface area (TPSA) is 54.0 Å². The Morgan fingerprint density at radius 3 is 2.12 bits per heavy atom.